The molecule has 1 heterocycles. The summed E-state index contributed by atoms with van der Waals surface area (Å²) in [7, 11) is 1.42. The number of phenols is 1. The number of aromatic hydroxyl groups is 1. The van der Waals surface area contributed by atoms with Crippen LogP contribution in [0.25, 0.3) is 6.08 Å². The maximum absolute atomic E-state index is 13.0. The SMILES string of the molecule is COc1cc(C=C2C(=O)NC(=S)N(c3ccc(C)cc3C)C2=O)ccc1O. The van der Waals surface area contributed by atoms with E-state index in [0.717, 1.165) is 11.1 Å². The Balaban J connectivity index is 2.04. The van der Waals surface area contributed by atoms with E-state index in [-0.39, 0.29) is 22.2 Å². The number of anilines is 1. The Morgan fingerprint density at radius 3 is 2.56 bits per heavy atom. The van der Waals surface area contributed by atoms with Crippen molar-refractivity contribution in [3.63, 3.8) is 0 Å². The van der Waals surface area contributed by atoms with Crippen LogP contribution in [0.1, 0.15) is 16.7 Å². The first-order valence-electron chi connectivity index (χ1n) is 8.17. The monoisotopic (exact) mass is 382 g/mol. The van der Waals surface area contributed by atoms with Gasteiger partial charge in [-0.1, -0.05) is 23.8 Å². The van der Waals surface area contributed by atoms with E-state index >= 15 is 0 Å². The minimum atomic E-state index is -0.571. The largest absolute Gasteiger partial charge is 0.504 e. The highest BCUT2D eigenvalue weighted by molar-refractivity contribution is 7.80. The molecule has 1 aliphatic heterocycles. The van der Waals surface area contributed by atoms with Gasteiger partial charge in [0.25, 0.3) is 11.8 Å². The predicted octanol–water partition coefficient (Wildman–Crippen LogP) is 2.85. The highest BCUT2D eigenvalue weighted by Crippen LogP contribution is 2.29. The number of rotatable bonds is 3. The van der Waals surface area contributed by atoms with Crippen LogP contribution in [0.3, 0.4) is 0 Å². The van der Waals surface area contributed by atoms with Crippen LogP contribution in [0.5, 0.6) is 11.5 Å². The predicted molar refractivity (Wildman–Crippen MR) is 107 cm³/mol. The van der Waals surface area contributed by atoms with Gasteiger partial charge in [0.2, 0.25) is 0 Å². The molecular weight excluding hydrogens is 364 g/mol. The summed E-state index contributed by atoms with van der Waals surface area (Å²) in [5, 5.41) is 12.3. The third-order valence-corrected chi connectivity index (χ3v) is 4.49. The number of nitrogens with one attached hydrogen (secondary N) is 1. The minimum Gasteiger partial charge on any atom is -0.504 e. The van der Waals surface area contributed by atoms with Crippen molar-refractivity contribution in [2.24, 2.45) is 0 Å². The van der Waals surface area contributed by atoms with Crippen LogP contribution in [0, 0.1) is 13.8 Å². The topological polar surface area (TPSA) is 78.9 Å². The first-order chi connectivity index (χ1) is 12.8. The Bertz CT molecular complexity index is 997. The molecule has 6 nitrogen and oxygen atoms in total. The van der Waals surface area contributed by atoms with Gasteiger partial charge in [0, 0.05) is 0 Å². The number of ether oxygens (including phenoxy) is 1. The first-order valence-corrected chi connectivity index (χ1v) is 8.58. The summed E-state index contributed by atoms with van der Waals surface area (Å²) in [5.74, 6) is -0.868. The number of phenolic OH excluding ortho intramolecular Hbond substituents is 1. The fourth-order valence-corrected chi connectivity index (χ4v) is 3.16. The Labute approximate surface area is 162 Å². The molecule has 2 amide bonds. The Morgan fingerprint density at radius 1 is 1.15 bits per heavy atom. The van der Waals surface area contributed by atoms with Crippen LogP contribution in [0.15, 0.2) is 42.0 Å². The molecule has 138 valence electrons. The highest BCUT2D eigenvalue weighted by atomic mass is 32.1. The second-order valence-corrected chi connectivity index (χ2v) is 6.57. The fraction of sp³-hybridized carbons (Fsp3) is 0.150. The van der Waals surface area contributed by atoms with Crippen molar-refractivity contribution in [3.8, 4) is 11.5 Å². The van der Waals surface area contributed by atoms with Gasteiger partial charge in [0.1, 0.15) is 5.57 Å². The van der Waals surface area contributed by atoms with Gasteiger partial charge in [-0.15, -0.1) is 0 Å². The van der Waals surface area contributed by atoms with Crippen LogP contribution in [-0.4, -0.2) is 29.1 Å². The zero-order chi connectivity index (χ0) is 19.7. The number of aryl methyl sites for hydroxylation is 2. The van der Waals surface area contributed by atoms with E-state index in [1.165, 1.54) is 30.2 Å². The number of amides is 2. The van der Waals surface area contributed by atoms with E-state index < -0.39 is 11.8 Å². The lowest BCUT2D eigenvalue weighted by Gasteiger charge is -2.30. The molecule has 1 saturated heterocycles. The number of carbonyl (C=O) groups is 2. The van der Waals surface area contributed by atoms with Gasteiger partial charge in [-0.25, -0.2) is 0 Å². The van der Waals surface area contributed by atoms with Gasteiger partial charge >= 0.3 is 0 Å². The van der Waals surface area contributed by atoms with E-state index in [1.54, 1.807) is 12.1 Å². The number of thiocarbonyl (C=S) groups is 1. The summed E-state index contributed by atoms with van der Waals surface area (Å²) < 4.78 is 5.07. The molecule has 0 spiro atoms. The van der Waals surface area contributed by atoms with Gasteiger partial charge in [-0.2, -0.15) is 0 Å². The van der Waals surface area contributed by atoms with Crippen molar-refractivity contribution in [3.05, 3.63) is 58.7 Å². The lowest BCUT2D eigenvalue weighted by Crippen LogP contribution is -2.54. The van der Waals surface area contributed by atoms with Crippen molar-refractivity contribution >= 4 is 40.9 Å². The van der Waals surface area contributed by atoms with E-state index in [2.05, 4.69) is 5.32 Å². The normalized spacial score (nSPS) is 15.9. The van der Waals surface area contributed by atoms with Crippen molar-refractivity contribution in [1.29, 1.82) is 0 Å². The molecule has 7 heteroatoms. The quantitative estimate of drug-likeness (QED) is 0.485. The standard InChI is InChI=1S/C20H18N2O4S/c1-11-4-6-15(12(2)8-11)22-19(25)14(18(24)21-20(22)27)9-13-5-7-16(23)17(10-13)26-3/h4-10,23H,1-3H3,(H,21,24,27). The fourth-order valence-electron chi connectivity index (χ4n) is 2.88. The van der Waals surface area contributed by atoms with Crippen molar-refractivity contribution in [2.45, 2.75) is 13.8 Å². The first kappa shape index (κ1) is 18.6. The lowest BCUT2D eigenvalue weighted by atomic mass is 10.0. The molecule has 0 unspecified atom stereocenters. The third kappa shape index (κ3) is 3.54. The summed E-state index contributed by atoms with van der Waals surface area (Å²) in [6.45, 7) is 3.83. The van der Waals surface area contributed by atoms with Gasteiger partial charge in [0.15, 0.2) is 16.6 Å². The summed E-state index contributed by atoms with van der Waals surface area (Å²) in [6, 6.07) is 10.2. The summed E-state index contributed by atoms with van der Waals surface area (Å²) in [6.07, 6.45) is 1.44. The molecule has 27 heavy (non-hydrogen) atoms. The van der Waals surface area contributed by atoms with Crippen LogP contribution in [0.4, 0.5) is 5.69 Å². The number of hydrogen-bond acceptors (Lipinski definition) is 5. The average molecular weight is 382 g/mol. The second-order valence-electron chi connectivity index (χ2n) is 6.18. The molecule has 1 fully saturated rings. The second kappa shape index (κ2) is 7.20. The summed E-state index contributed by atoms with van der Waals surface area (Å²) in [4.78, 5) is 26.7. The molecule has 2 aromatic rings. The molecule has 2 aromatic carbocycles. The zero-order valence-corrected chi connectivity index (χ0v) is 15.9. The number of carbonyl (C=O) groups excluding carboxylic acids is 2. The number of nitrogens with zero attached hydrogens (tertiary/aromatic N) is 1. The summed E-state index contributed by atoms with van der Waals surface area (Å²) in [5.41, 5.74) is 3.02. The number of benzene rings is 2. The molecule has 0 bridgehead atoms. The van der Waals surface area contributed by atoms with Crippen LogP contribution in [-0.2, 0) is 9.59 Å². The molecule has 0 saturated carbocycles. The van der Waals surface area contributed by atoms with E-state index in [4.69, 9.17) is 17.0 Å². The van der Waals surface area contributed by atoms with Crippen LogP contribution in [0.2, 0.25) is 0 Å². The molecule has 0 aliphatic carbocycles. The third-order valence-electron chi connectivity index (χ3n) is 4.21. The van der Waals surface area contributed by atoms with Crippen molar-refractivity contribution in [1.82, 2.24) is 5.32 Å². The smallest absolute Gasteiger partial charge is 0.270 e. The molecular formula is C20H18N2O4S. The maximum Gasteiger partial charge on any atom is 0.270 e. The van der Waals surface area contributed by atoms with E-state index in [0.29, 0.717) is 11.3 Å². The van der Waals surface area contributed by atoms with Crippen molar-refractivity contribution < 1.29 is 19.4 Å². The van der Waals surface area contributed by atoms with Gasteiger partial charge < -0.3 is 9.84 Å². The molecule has 3 rings (SSSR count). The lowest BCUT2D eigenvalue weighted by molar-refractivity contribution is -0.122. The average Bonchev–Trinajstić information content (AvgIpc) is 2.61. The molecule has 0 atom stereocenters. The Morgan fingerprint density at radius 2 is 1.89 bits per heavy atom. The highest BCUT2D eigenvalue weighted by Gasteiger charge is 2.35. The Kier molecular flexibility index (Phi) is 4.96. The summed E-state index contributed by atoms with van der Waals surface area (Å²) >= 11 is 5.22. The van der Waals surface area contributed by atoms with Crippen molar-refractivity contribution in [2.75, 3.05) is 12.0 Å². The van der Waals surface area contributed by atoms with Gasteiger partial charge in [-0.3, -0.25) is 19.8 Å². The minimum absolute atomic E-state index is 0.0304. The van der Waals surface area contributed by atoms with Crippen LogP contribution >= 0.6 is 12.2 Å². The molecule has 0 radical (unpaired) electrons. The Hall–Kier alpha value is -3.19. The molecule has 1 aliphatic rings. The number of hydrogen-bond donors (Lipinski definition) is 2. The van der Waals surface area contributed by atoms with Gasteiger partial charge in [0.05, 0.1) is 12.8 Å². The molecule has 0 aromatic heterocycles. The zero-order valence-electron chi connectivity index (χ0n) is 15.1. The van der Waals surface area contributed by atoms with Crippen LogP contribution < -0.4 is 15.0 Å². The number of methoxy groups -OCH3 is 1. The maximum atomic E-state index is 13.0. The van der Waals surface area contributed by atoms with E-state index in [1.807, 2.05) is 26.0 Å². The molecule has 2 N–H and O–H groups in total. The van der Waals surface area contributed by atoms with Gasteiger partial charge in [-0.05, 0) is 61.5 Å². The van der Waals surface area contributed by atoms with E-state index in [9.17, 15) is 14.7 Å².